The first kappa shape index (κ1) is 12.3. The molecule has 4 nitrogen and oxygen atoms in total. The third-order valence-electron chi connectivity index (χ3n) is 2.87. The van der Waals surface area contributed by atoms with Gasteiger partial charge in [-0.15, -0.1) is 0 Å². The van der Waals surface area contributed by atoms with Crippen molar-refractivity contribution in [1.29, 1.82) is 0 Å². The number of amides is 1. The molecule has 0 N–H and O–H groups in total. The number of carbonyl (C=O) groups is 2. The van der Waals surface area contributed by atoms with Crippen LogP contribution in [0, 0.1) is 5.82 Å². The second-order valence-corrected chi connectivity index (χ2v) is 3.91. The number of benzene rings is 1. The second kappa shape index (κ2) is 4.60. The molecule has 0 atom stereocenters. The SMILES string of the molecule is COC(=O)C1=C(C)N(c2ccccc2F)C(=O)C1. The average Bonchev–Trinajstić information content (AvgIpc) is 2.65. The van der Waals surface area contributed by atoms with Gasteiger partial charge in [-0.1, -0.05) is 12.1 Å². The van der Waals surface area contributed by atoms with E-state index in [1.165, 1.54) is 24.1 Å². The Morgan fingerprint density at radius 2 is 2.06 bits per heavy atom. The molecule has 0 aromatic heterocycles. The average molecular weight is 249 g/mol. The molecule has 18 heavy (non-hydrogen) atoms. The highest BCUT2D eigenvalue weighted by Crippen LogP contribution is 2.31. The van der Waals surface area contributed by atoms with E-state index in [2.05, 4.69) is 4.74 Å². The third kappa shape index (κ3) is 1.88. The minimum absolute atomic E-state index is 0.0627. The zero-order valence-electron chi connectivity index (χ0n) is 10.1. The van der Waals surface area contributed by atoms with Gasteiger partial charge in [0.2, 0.25) is 5.91 Å². The number of para-hydroxylation sites is 1. The monoisotopic (exact) mass is 249 g/mol. The Kier molecular flexibility index (Phi) is 3.14. The van der Waals surface area contributed by atoms with Crippen molar-refractivity contribution < 1.29 is 18.7 Å². The lowest BCUT2D eigenvalue weighted by molar-refractivity contribution is -0.136. The second-order valence-electron chi connectivity index (χ2n) is 3.91. The van der Waals surface area contributed by atoms with E-state index in [0.717, 1.165) is 0 Å². The number of anilines is 1. The van der Waals surface area contributed by atoms with Crippen LogP contribution in [-0.4, -0.2) is 19.0 Å². The van der Waals surface area contributed by atoms with E-state index in [0.29, 0.717) is 5.70 Å². The topological polar surface area (TPSA) is 46.6 Å². The molecule has 0 unspecified atom stereocenters. The van der Waals surface area contributed by atoms with E-state index in [1.807, 2.05) is 0 Å². The maximum Gasteiger partial charge on any atom is 0.336 e. The summed E-state index contributed by atoms with van der Waals surface area (Å²) in [6, 6.07) is 5.94. The summed E-state index contributed by atoms with van der Waals surface area (Å²) in [6.45, 7) is 1.60. The van der Waals surface area contributed by atoms with Crippen LogP contribution in [0.15, 0.2) is 35.5 Å². The van der Waals surface area contributed by atoms with Crippen molar-refractivity contribution in [1.82, 2.24) is 0 Å². The van der Waals surface area contributed by atoms with E-state index >= 15 is 0 Å². The zero-order chi connectivity index (χ0) is 13.3. The molecule has 5 heteroatoms. The molecule has 2 rings (SSSR count). The first-order valence-corrected chi connectivity index (χ1v) is 5.41. The van der Waals surface area contributed by atoms with Crippen molar-refractivity contribution in [2.45, 2.75) is 13.3 Å². The first-order valence-electron chi connectivity index (χ1n) is 5.41. The van der Waals surface area contributed by atoms with Crippen molar-refractivity contribution in [2.24, 2.45) is 0 Å². The van der Waals surface area contributed by atoms with Gasteiger partial charge in [-0.25, -0.2) is 9.18 Å². The van der Waals surface area contributed by atoms with E-state index in [4.69, 9.17) is 0 Å². The van der Waals surface area contributed by atoms with Crippen LogP contribution in [0.4, 0.5) is 10.1 Å². The van der Waals surface area contributed by atoms with E-state index in [-0.39, 0.29) is 23.6 Å². The normalized spacial score (nSPS) is 15.3. The van der Waals surface area contributed by atoms with Crippen LogP contribution >= 0.6 is 0 Å². The number of halogens is 1. The van der Waals surface area contributed by atoms with Crippen LogP contribution in [0.1, 0.15) is 13.3 Å². The van der Waals surface area contributed by atoms with Gasteiger partial charge < -0.3 is 4.74 Å². The van der Waals surface area contributed by atoms with E-state index < -0.39 is 11.8 Å². The number of allylic oxidation sites excluding steroid dienone is 1. The molecule has 1 aromatic carbocycles. The van der Waals surface area contributed by atoms with Crippen LogP contribution < -0.4 is 4.90 Å². The molecular weight excluding hydrogens is 237 g/mol. The fourth-order valence-corrected chi connectivity index (χ4v) is 1.97. The molecule has 94 valence electrons. The fourth-order valence-electron chi connectivity index (χ4n) is 1.97. The van der Waals surface area contributed by atoms with Crippen LogP contribution in [0.5, 0.6) is 0 Å². The highest BCUT2D eigenvalue weighted by molar-refractivity contribution is 6.09. The van der Waals surface area contributed by atoms with Gasteiger partial charge in [-0.05, 0) is 19.1 Å². The lowest BCUT2D eigenvalue weighted by Crippen LogP contribution is -2.24. The van der Waals surface area contributed by atoms with Crippen molar-refractivity contribution in [3.05, 3.63) is 41.4 Å². The highest BCUT2D eigenvalue weighted by atomic mass is 19.1. The number of hydrogen-bond donors (Lipinski definition) is 0. The Morgan fingerprint density at radius 1 is 1.39 bits per heavy atom. The Bertz CT molecular complexity index is 551. The summed E-state index contributed by atoms with van der Waals surface area (Å²) in [5.41, 5.74) is 0.835. The molecular formula is C13H12FNO3. The molecule has 1 amide bonds. The smallest absolute Gasteiger partial charge is 0.336 e. The third-order valence-corrected chi connectivity index (χ3v) is 2.87. The predicted molar refractivity (Wildman–Crippen MR) is 63.2 cm³/mol. The molecule has 0 saturated carbocycles. The Labute approximate surface area is 104 Å². The number of rotatable bonds is 2. The first-order chi connectivity index (χ1) is 8.56. The summed E-state index contributed by atoms with van der Waals surface area (Å²) in [7, 11) is 1.25. The van der Waals surface area contributed by atoms with E-state index in [9.17, 15) is 14.0 Å². The standard InChI is InChI=1S/C13H12FNO3/c1-8-9(13(17)18-2)7-12(16)15(8)11-6-4-3-5-10(11)14/h3-6H,7H2,1-2H3. The summed E-state index contributed by atoms with van der Waals surface area (Å²) in [4.78, 5) is 24.6. The minimum Gasteiger partial charge on any atom is -0.466 e. The number of esters is 1. The molecule has 0 spiro atoms. The van der Waals surface area contributed by atoms with Gasteiger partial charge in [0.05, 0.1) is 24.8 Å². The molecule has 1 aromatic rings. The molecule has 0 radical (unpaired) electrons. The number of hydrogen-bond acceptors (Lipinski definition) is 3. The lowest BCUT2D eigenvalue weighted by atomic mass is 10.2. The van der Waals surface area contributed by atoms with Crippen molar-refractivity contribution in [3.8, 4) is 0 Å². The highest BCUT2D eigenvalue weighted by Gasteiger charge is 2.33. The summed E-state index contributed by atoms with van der Waals surface area (Å²) in [5.74, 6) is -1.39. The number of carbonyl (C=O) groups excluding carboxylic acids is 2. The number of nitrogens with zero attached hydrogens (tertiary/aromatic N) is 1. The quantitative estimate of drug-likeness (QED) is 0.753. The molecule has 0 bridgehead atoms. The molecule has 1 aliphatic rings. The Hall–Kier alpha value is -2.17. The molecule has 0 saturated heterocycles. The van der Waals surface area contributed by atoms with Crippen molar-refractivity contribution >= 4 is 17.6 Å². The largest absolute Gasteiger partial charge is 0.466 e. The van der Waals surface area contributed by atoms with Crippen LogP contribution in [0.2, 0.25) is 0 Å². The molecule has 0 fully saturated rings. The molecule has 1 heterocycles. The minimum atomic E-state index is -0.556. The molecule has 1 aliphatic heterocycles. The zero-order valence-corrected chi connectivity index (χ0v) is 10.1. The summed E-state index contributed by atoms with van der Waals surface area (Å²) >= 11 is 0. The summed E-state index contributed by atoms with van der Waals surface area (Å²) < 4.78 is 18.3. The fraction of sp³-hybridized carbons (Fsp3) is 0.231. The van der Waals surface area contributed by atoms with Gasteiger partial charge >= 0.3 is 5.97 Å². The Balaban J connectivity index is 2.46. The van der Waals surface area contributed by atoms with Gasteiger partial charge in [0.25, 0.3) is 0 Å². The maximum atomic E-state index is 13.7. The van der Waals surface area contributed by atoms with Gasteiger partial charge in [-0.2, -0.15) is 0 Å². The Morgan fingerprint density at radius 3 is 2.67 bits per heavy atom. The van der Waals surface area contributed by atoms with Crippen molar-refractivity contribution in [2.75, 3.05) is 12.0 Å². The van der Waals surface area contributed by atoms with E-state index in [1.54, 1.807) is 19.1 Å². The predicted octanol–water partition coefficient (Wildman–Crippen LogP) is 2.01. The van der Waals surface area contributed by atoms with Gasteiger partial charge in [0.1, 0.15) is 5.82 Å². The number of methoxy groups -OCH3 is 1. The number of ether oxygens (including phenoxy) is 1. The van der Waals surface area contributed by atoms with Gasteiger partial charge in [0, 0.05) is 5.70 Å². The summed E-state index contributed by atoms with van der Waals surface area (Å²) in [5, 5.41) is 0. The maximum absolute atomic E-state index is 13.7. The van der Waals surface area contributed by atoms with Gasteiger partial charge in [-0.3, -0.25) is 9.69 Å². The van der Waals surface area contributed by atoms with Crippen LogP contribution in [0.3, 0.4) is 0 Å². The van der Waals surface area contributed by atoms with Gasteiger partial charge in [0.15, 0.2) is 0 Å². The molecule has 0 aliphatic carbocycles. The summed E-state index contributed by atoms with van der Waals surface area (Å²) in [6.07, 6.45) is -0.0627. The van der Waals surface area contributed by atoms with Crippen LogP contribution in [0.25, 0.3) is 0 Å². The van der Waals surface area contributed by atoms with Crippen LogP contribution in [-0.2, 0) is 14.3 Å². The lowest BCUT2D eigenvalue weighted by Gasteiger charge is -2.18. The van der Waals surface area contributed by atoms with Crippen molar-refractivity contribution in [3.63, 3.8) is 0 Å².